The fraction of sp³-hybridized carbons (Fsp3) is 0.727. The first kappa shape index (κ1) is 12.8. The van der Waals surface area contributed by atoms with E-state index in [0.717, 1.165) is 13.1 Å². The molecule has 0 radical (unpaired) electrons. The van der Waals surface area contributed by atoms with Crippen LogP contribution in [0, 0.1) is 0 Å². The third kappa shape index (κ3) is 3.99. The normalized spacial score (nSPS) is 17.3. The molecular weight excluding hydrogens is 232 g/mol. The van der Waals surface area contributed by atoms with Crippen molar-refractivity contribution in [2.75, 3.05) is 25.4 Å². The quantitative estimate of drug-likeness (QED) is 0.693. The minimum absolute atomic E-state index is 0.0203. The molecule has 0 unspecified atom stereocenters. The Hall–Kier alpha value is -1.63. The van der Waals surface area contributed by atoms with E-state index < -0.39 is 0 Å². The molecule has 4 N–H and O–H groups in total. The monoisotopic (exact) mass is 252 g/mol. The van der Waals surface area contributed by atoms with Gasteiger partial charge in [-0.3, -0.25) is 14.8 Å². The molecule has 2 rings (SSSR count). The van der Waals surface area contributed by atoms with Crippen LogP contribution < -0.4 is 11.1 Å². The van der Waals surface area contributed by atoms with E-state index in [-0.39, 0.29) is 11.9 Å². The maximum atomic E-state index is 11.8. The molecule has 1 amide bonds. The van der Waals surface area contributed by atoms with Crippen LogP contribution in [0.4, 0.5) is 5.95 Å². The Bertz CT molecular complexity index is 383. The second kappa shape index (κ2) is 6.34. The third-order valence-corrected chi connectivity index (χ3v) is 3.07. The van der Waals surface area contributed by atoms with Gasteiger partial charge in [0.1, 0.15) is 5.82 Å². The smallest absolute Gasteiger partial charge is 0.239 e. The van der Waals surface area contributed by atoms with Gasteiger partial charge in [-0.1, -0.05) is 12.8 Å². The molecule has 0 saturated carbocycles. The van der Waals surface area contributed by atoms with Crippen molar-refractivity contribution in [3.63, 3.8) is 0 Å². The summed E-state index contributed by atoms with van der Waals surface area (Å²) in [6, 6.07) is 0. The second-order valence-electron chi connectivity index (χ2n) is 4.61. The highest BCUT2D eigenvalue weighted by Crippen LogP contribution is 2.08. The summed E-state index contributed by atoms with van der Waals surface area (Å²) in [6.45, 7) is 2.84. The number of rotatable bonds is 4. The summed E-state index contributed by atoms with van der Waals surface area (Å²) in [6.07, 6.45) is 4.92. The molecule has 1 aromatic rings. The largest absolute Gasteiger partial charge is 0.367 e. The predicted molar refractivity (Wildman–Crippen MR) is 67.5 cm³/mol. The number of hydrogen-bond donors (Lipinski definition) is 3. The number of nitrogens with one attached hydrogen (secondary N) is 2. The summed E-state index contributed by atoms with van der Waals surface area (Å²) >= 11 is 0. The highest BCUT2D eigenvalue weighted by molar-refractivity contribution is 5.77. The van der Waals surface area contributed by atoms with Crippen LogP contribution in [0.25, 0.3) is 0 Å². The number of nitrogen functional groups attached to an aromatic ring is 1. The number of anilines is 1. The predicted octanol–water partition coefficient (Wildman–Crippen LogP) is -0.121. The highest BCUT2D eigenvalue weighted by Gasteiger charge is 2.12. The van der Waals surface area contributed by atoms with Gasteiger partial charge in [0.2, 0.25) is 11.9 Å². The van der Waals surface area contributed by atoms with Gasteiger partial charge in [0, 0.05) is 0 Å². The van der Waals surface area contributed by atoms with Crippen molar-refractivity contribution in [2.45, 2.75) is 32.2 Å². The Balaban J connectivity index is 1.71. The number of likely N-dealkylation sites (tertiary alicyclic amines) is 1. The molecule has 0 aromatic carbocycles. The van der Waals surface area contributed by atoms with E-state index >= 15 is 0 Å². The lowest BCUT2D eigenvalue weighted by Crippen LogP contribution is -2.37. The minimum Gasteiger partial charge on any atom is -0.367 e. The number of nitrogens with zero attached hydrogens (tertiary/aromatic N) is 3. The van der Waals surface area contributed by atoms with Crippen LogP contribution in [0.1, 0.15) is 31.5 Å². The third-order valence-electron chi connectivity index (χ3n) is 3.07. The zero-order chi connectivity index (χ0) is 12.8. The molecule has 7 heteroatoms. The molecule has 1 fully saturated rings. The number of aromatic amines is 1. The van der Waals surface area contributed by atoms with Gasteiger partial charge in [-0.15, -0.1) is 5.10 Å². The van der Waals surface area contributed by atoms with E-state index in [4.69, 9.17) is 5.73 Å². The zero-order valence-electron chi connectivity index (χ0n) is 10.5. The molecule has 0 spiro atoms. The second-order valence-corrected chi connectivity index (χ2v) is 4.61. The molecule has 0 aliphatic carbocycles. The van der Waals surface area contributed by atoms with E-state index in [1.165, 1.54) is 25.7 Å². The van der Waals surface area contributed by atoms with E-state index in [1.54, 1.807) is 0 Å². The van der Waals surface area contributed by atoms with E-state index in [1.807, 2.05) is 0 Å². The molecule has 7 nitrogen and oxygen atoms in total. The first-order valence-corrected chi connectivity index (χ1v) is 6.40. The number of aromatic nitrogens is 3. The van der Waals surface area contributed by atoms with Gasteiger partial charge in [0.05, 0.1) is 13.1 Å². The summed E-state index contributed by atoms with van der Waals surface area (Å²) < 4.78 is 0. The fourth-order valence-corrected chi connectivity index (χ4v) is 2.12. The molecule has 0 bridgehead atoms. The lowest BCUT2D eigenvalue weighted by molar-refractivity contribution is -0.122. The van der Waals surface area contributed by atoms with Crippen LogP contribution in [0.5, 0.6) is 0 Å². The topological polar surface area (TPSA) is 99.9 Å². The number of hydrogen-bond acceptors (Lipinski definition) is 5. The molecule has 1 aromatic heterocycles. The number of nitrogens with two attached hydrogens (primary N) is 1. The summed E-state index contributed by atoms with van der Waals surface area (Å²) in [7, 11) is 0. The molecule has 18 heavy (non-hydrogen) atoms. The number of carbonyl (C=O) groups excluding carboxylic acids is 1. The molecule has 100 valence electrons. The summed E-state index contributed by atoms with van der Waals surface area (Å²) in [5.74, 6) is 0.801. The molecule has 1 aliphatic rings. The first-order valence-electron chi connectivity index (χ1n) is 6.40. The maximum absolute atomic E-state index is 11.8. The molecule has 1 saturated heterocycles. The molecular formula is C11H20N6O. The van der Waals surface area contributed by atoms with E-state index in [0.29, 0.717) is 18.9 Å². The van der Waals surface area contributed by atoms with Crippen LogP contribution in [0.3, 0.4) is 0 Å². The maximum Gasteiger partial charge on any atom is 0.239 e. The van der Waals surface area contributed by atoms with Crippen molar-refractivity contribution in [1.29, 1.82) is 0 Å². The Morgan fingerprint density at radius 2 is 2.06 bits per heavy atom. The molecule has 1 aliphatic heterocycles. The number of amides is 1. The van der Waals surface area contributed by atoms with Crippen molar-refractivity contribution < 1.29 is 4.79 Å². The van der Waals surface area contributed by atoms with E-state index in [9.17, 15) is 4.79 Å². The number of H-pyrrole nitrogens is 1. The first-order chi connectivity index (χ1) is 8.74. The van der Waals surface area contributed by atoms with Crippen molar-refractivity contribution in [1.82, 2.24) is 25.4 Å². The van der Waals surface area contributed by atoms with Gasteiger partial charge in [-0.25, -0.2) is 0 Å². The van der Waals surface area contributed by atoms with Gasteiger partial charge < -0.3 is 11.1 Å². The van der Waals surface area contributed by atoms with Crippen LogP contribution in [0.2, 0.25) is 0 Å². The van der Waals surface area contributed by atoms with Crippen LogP contribution in [-0.2, 0) is 11.3 Å². The summed E-state index contributed by atoms with van der Waals surface area (Å²) in [5, 5.41) is 9.17. The van der Waals surface area contributed by atoms with Crippen LogP contribution in [0.15, 0.2) is 0 Å². The summed E-state index contributed by atoms with van der Waals surface area (Å²) in [5.41, 5.74) is 5.38. The SMILES string of the molecule is Nc1n[nH]c(CNC(=O)CN2CCCCCC2)n1. The Morgan fingerprint density at radius 1 is 1.33 bits per heavy atom. The lowest BCUT2D eigenvalue weighted by atomic mass is 10.2. The Kier molecular flexibility index (Phi) is 4.52. The molecule has 0 atom stereocenters. The van der Waals surface area contributed by atoms with Crippen molar-refractivity contribution >= 4 is 11.9 Å². The fourth-order valence-electron chi connectivity index (χ4n) is 2.12. The van der Waals surface area contributed by atoms with Gasteiger partial charge in [0.15, 0.2) is 0 Å². The average Bonchev–Trinajstić information content (AvgIpc) is 2.60. The summed E-state index contributed by atoms with van der Waals surface area (Å²) in [4.78, 5) is 17.9. The van der Waals surface area contributed by atoms with Crippen LogP contribution in [-0.4, -0.2) is 45.6 Å². The zero-order valence-corrected chi connectivity index (χ0v) is 10.5. The van der Waals surface area contributed by atoms with Gasteiger partial charge in [0.25, 0.3) is 0 Å². The Labute approximate surface area is 106 Å². The van der Waals surface area contributed by atoms with Gasteiger partial charge in [-0.2, -0.15) is 4.98 Å². The van der Waals surface area contributed by atoms with Crippen molar-refractivity contribution in [3.05, 3.63) is 5.82 Å². The molecule has 2 heterocycles. The van der Waals surface area contributed by atoms with Gasteiger partial charge in [-0.05, 0) is 25.9 Å². The van der Waals surface area contributed by atoms with Crippen molar-refractivity contribution in [3.8, 4) is 0 Å². The number of carbonyl (C=O) groups is 1. The lowest BCUT2D eigenvalue weighted by Gasteiger charge is -2.18. The van der Waals surface area contributed by atoms with Crippen LogP contribution >= 0.6 is 0 Å². The van der Waals surface area contributed by atoms with E-state index in [2.05, 4.69) is 25.4 Å². The highest BCUT2D eigenvalue weighted by atomic mass is 16.2. The Morgan fingerprint density at radius 3 is 2.67 bits per heavy atom. The minimum atomic E-state index is 0.0203. The standard InChI is InChI=1S/C11H20N6O/c12-11-14-9(15-16-11)7-13-10(18)8-17-5-3-1-2-4-6-17/h1-8H2,(H,13,18)(H3,12,14,15,16). The van der Waals surface area contributed by atoms with Crippen molar-refractivity contribution in [2.24, 2.45) is 0 Å². The van der Waals surface area contributed by atoms with Gasteiger partial charge >= 0.3 is 0 Å². The average molecular weight is 252 g/mol.